The van der Waals surface area contributed by atoms with Crippen LogP contribution < -0.4 is 4.90 Å². The Morgan fingerprint density at radius 1 is 1.58 bits per heavy atom. The van der Waals surface area contributed by atoms with Gasteiger partial charge in [-0.1, -0.05) is 0 Å². The van der Waals surface area contributed by atoms with E-state index in [1.165, 1.54) is 0 Å². The van der Waals surface area contributed by atoms with Crippen molar-refractivity contribution in [3.8, 4) is 0 Å². The minimum absolute atomic E-state index is 0. The average Bonchev–Trinajstić information content (AvgIpc) is 2.07. The molecular weight excluding hydrogens is 176 g/mol. The molecule has 0 spiro atoms. The predicted octanol–water partition coefficient (Wildman–Crippen LogP) is 0.932. The molecule has 0 radical (unpaired) electrons. The smallest absolute Gasteiger partial charge is 0.0606 e. The number of anilines is 1. The summed E-state index contributed by atoms with van der Waals surface area (Å²) in [5.74, 6) is 0. The number of aromatic nitrogens is 1. The lowest BCUT2D eigenvalue weighted by Crippen LogP contribution is -2.20. The van der Waals surface area contributed by atoms with Crippen molar-refractivity contribution < 1.29 is 5.11 Å². The van der Waals surface area contributed by atoms with Gasteiger partial charge in [-0.05, 0) is 12.1 Å². The highest BCUT2D eigenvalue weighted by Gasteiger charge is 1.96. The summed E-state index contributed by atoms with van der Waals surface area (Å²) < 4.78 is 0. The summed E-state index contributed by atoms with van der Waals surface area (Å²) in [5, 5.41) is 8.64. The van der Waals surface area contributed by atoms with Crippen molar-refractivity contribution in [2.24, 2.45) is 0 Å². The van der Waals surface area contributed by atoms with Crippen molar-refractivity contribution in [1.82, 2.24) is 4.98 Å². The second kappa shape index (κ2) is 5.80. The van der Waals surface area contributed by atoms with Crippen LogP contribution in [0.15, 0.2) is 24.5 Å². The van der Waals surface area contributed by atoms with Gasteiger partial charge in [-0.25, -0.2) is 0 Å². The molecule has 0 saturated carbocycles. The molecule has 0 fully saturated rings. The molecule has 3 nitrogen and oxygen atoms in total. The number of aliphatic hydroxyl groups is 1. The van der Waals surface area contributed by atoms with E-state index in [0.29, 0.717) is 6.54 Å². The van der Waals surface area contributed by atoms with E-state index in [1.54, 1.807) is 12.4 Å². The van der Waals surface area contributed by atoms with Crippen molar-refractivity contribution >= 4 is 18.1 Å². The van der Waals surface area contributed by atoms with Crippen LogP contribution >= 0.6 is 12.4 Å². The van der Waals surface area contributed by atoms with E-state index in [2.05, 4.69) is 4.98 Å². The molecule has 1 rings (SSSR count). The van der Waals surface area contributed by atoms with Gasteiger partial charge in [0.1, 0.15) is 0 Å². The highest BCUT2D eigenvalue weighted by Crippen LogP contribution is 2.07. The van der Waals surface area contributed by atoms with Crippen molar-refractivity contribution in [3.05, 3.63) is 24.5 Å². The van der Waals surface area contributed by atoms with Crippen molar-refractivity contribution in [2.75, 3.05) is 25.1 Å². The third-order valence-corrected chi connectivity index (χ3v) is 1.52. The zero-order valence-corrected chi connectivity index (χ0v) is 7.79. The minimum Gasteiger partial charge on any atom is -0.395 e. The largest absolute Gasteiger partial charge is 0.395 e. The Morgan fingerprint density at radius 3 is 2.83 bits per heavy atom. The van der Waals surface area contributed by atoms with Crippen LogP contribution in [0.1, 0.15) is 0 Å². The van der Waals surface area contributed by atoms with Crippen LogP contribution in [0.3, 0.4) is 0 Å². The molecule has 0 aliphatic carbocycles. The van der Waals surface area contributed by atoms with Gasteiger partial charge in [-0.2, -0.15) is 0 Å². The maximum Gasteiger partial charge on any atom is 0.0606 e. The number of hydrogen-bond donors (Lipinski definition) is 1. The van der Waals surface area contributed by atoms with Gasteiger partial charge in [0.2, 0.25) is 0 Å². The lowest BCUT2D eigenvalue weighted by molar-refractivity contribution is 0.304. The first kappa shape index (κ1) is 11.2. The Bertz CT molecular complexity index is 205. The number of halogens is 1. The van der Waals surface area contributed by atoms with Gasteiger partial charge < -0.3 is 10.0 Å². The van der Waals surface area contributed by atoms with E-state index in [-0.39, 0.29) is 19.0 Å². The molecule has 1 N–H and O–H groups in total. The highest BCUT2D eigenvalue weighted by atomic mass is 35.5. The van der Waals surface area contributed by atoms with E-state index in [9.17, 15) is 0 Å². The first-order valence-electron chi connectivity index (χ1n) is 3.56. The van der Waals surface area contributed by atoms with E-state index < -0.39 is 0 Å². The Kier molecular flexibility index (Phi) is 5.41. The summed E-state index contributed by atoms with van der Waals surface area (Å²) in [6, 6.07) is 3.84. The van der Waals surface area contributed by atoms with E-state index in [1.807, 2.05) is 24.1 Å². The number of aliphatic hydroxyl groups excluding tert-OH is 1. The standard InChI is InChI=1S/C8H12N2O.ClH/c1-10(5-6-11)8-3-2-4-9-7-8;/h2-4,7,11H,5-6H2,1H3;1H. The molecule has 0 atom stereocenters. The monoisotopic (exact) mass is 188 g/mol. The molecule has 0 amide bonds. The SMILES string of the molecule is CN(CCO)c1cccnc1.Cl. The van der Waals surface area contributed by atoms with Gasteiger partial charge in [0, 0.05) is 19.8 Å². The molecule has 12 heavy (non-hydrogen) atoms. The lowest BCUT2D eigenvalue weighted by atomic mass is 10.4. The Balaban J connectivity index is 0.00000121. The third kappa shape index (κ3) is 3.07. The molecule has 0 aliphatic heterocycles. The zero-order valence-electron chi connectivity index (χ0n) is 6.97. The molecule has 1 heterocycles. The van der Waals surface area contributed by atoms with Crippen molar-refractivity contribution in [2.45, 2.75) is 0 Å². The van der Waals surface area contributed by atoms with Gasteiger partial charge in [0.05, 0.1) is 18.5 Å². The van der Waals surface area contributed by atoms with Crippen LogP contribution in [0.4, 0.5) is 5.69 Å². The van der Waals surface area contributed by atoms with Gasteiger partial charge in [-0.15, -0.1) is 12.4 Å². The fourth-order valence-electron chi connectivity index (χ4n) is 0.859. The summed E-state index contributed by atoms with van der Waals surface area (Å²) in [5.41, 5.74) is 1.03. The first-order chi connectivity index (χ1) is 5.34. The molecule has 0 saturated heterocycles. The van der Waals surface area contributed by atoms with Gasteiger partial charge in [-0.3, -0.25) is 4.98 Å². The molecule has 0 bridgehead atoms. The summed E-state index contributed by atoms with van der Waals surface area (Å²) in [6.45, 7) is 0.817. The number of pyridine rings is 1. The van der Waals surface area contributed by atoms with Crippen LogP contribution in [0, 0.1) is 0 Å². The summed E-state index contributed by atoms with van der Waals surface area (Å²) >= 11 is 0. The Labute approximate surface area is 78.5 Å². The topological polar surface area (TPSA) is 36.4 Å². The fraction of sp³-hybridized carbons (Fsp3) is 0.375. The molecular formula is C8H13ClN2O. The Hall–Kier alpha value is -0.800. The van der Waals surface area contributed by atoms with Crippen LogP contribution in [0.2, 0.25) is 0 Å². The molecule has 0 aromatic carbocycles. The second-order valence-electron chi connectivity index (χ2n) is 2.36. The molecule has 1 aromatic heterocycles. The Morgan fingerprint density at radius 2 is 2.33 bits per heavy atom. The van der Waals surface area contributed by atoms with Gasteiger partial charge >= 0.3 is 0 Å². The molecule has 0 aliphatic rings. The molecule has 4 heteroatoms. The number of hydrogen-bond acceptors (Lipinski definition) is 3. The minimum atomic E-state index is 0. The summed E-state index contributed by atoms with van der Waals surface area (Å²) in [4.78, 5) is 5.92. The van der Waals surface area contributed by atoms with Crippen molar-refractivity contribution in [3.63, 3.8) is 0 Å². The number of likely N-dealkylation sites (N-methyl/N-ethyl adjacent to an activating group) is 1. The fourth-order valence-corrected chi connectivity index (χ4v) is 0.859. The van der Waals surface area contributed by atoms with Crippen LogP contribution in [-0.2, 0) is 0 Å². The average molecular weight is 189 g/mol. The van der Waals surface area contributed by atoms with E-state index in [4.69, 9.17) is 5.11 Å². The van der Waals surface area contributed by atoms with E-state index in [0.717, 1.165) is 5.69 Å². The normalized spacial score (nSPS) is 8.83. The summed E-state index contributed by atoms with van der Waals surface area (Å²) in [7, 11) is 1.92. The first-order valence-corrected chi connectivity index (χ1v) is 3.56. The highest BCUT2D eigenvalue weighted by molar-refractivity contribution is 5.85. The maximum atomic E-state index is 8.64. The molecule has 1 aromatic rings. The van der Waals surface area contributed by atoms with E-state index >= 15 is 0 Å². The van der Waals surface area contributed by atoms with Crippen LogP contribution in [-0.4, -0.2) is 30.3 Å². The quantitative estimate of drug-likeness (QED) is 0.767. The zero-order chi connectivity index (χ0) is 8.10. The van der Waals surface area contributed by atoms with Crippen LogP contribution in [0.5, 0.6) is 0 Å². The molecule has 68 valence electrons. The predicted molar refractivity (Wildman–Crippen MR) is 51.8 cm³/mol. The maximum absolute atomic E-state index is 8.64. The summed E-state index contributed by atoms with van der Waals surface area (Å²) in [6.07, 6.45) is 3.51. The van der Waals surface area contributed by atoms with Crippen molar-refractivity contribution in [1.29, 1.82) is 0 Å². The second-order valence-corrected chi connectivity index (χ2v) is 2.36. The van der Waals surface area contributed by atoms with Gasteiger partial charge in [0.15, 0.2) is 0 Å². The lowest BCUT2D eigenvalue weighted by Gasteiger charge is -2.16. The third-order valence-electron chi connectivity index (χ3n) is 1.52. The van der Waals surface area contributed by atoms with Crippen LogP contribution in [0.25, 0.3) is 0 Å². The molecule has 0 unspecified atom stereocenters. The van der Waals surface area contributed by atoms with Gasteiger partial charge in [0.25, 0.3) is 0 Å². The number of nitrogens with zero attached hydrogens (tertiary/aromatic N) is 2. The number of rotatable bonds is 3.